The summed E-state index contributed by atoms with van der Waals surface area (Å²) in [4.78, 5) is 0. The minimum atomic E-state index is 0.622. The molecule has 13 heavy (non-hydrogen) atoms. The molecule has 0 radical (unpaired) electrons. The summed E-state index contributed by atoms with van der Waals surface area (Å²) in [6, 6.07) is 0. The molecule has 0 spiro atoms. The maximum absolute atomic E-state index is 2.49. The zero-order chi connectivity index (χ0) is 10.3. The Kier molecular flexibility index (Phi) is 2.81. The van der Waals surface area contributed by atoms with Crippen molar-refractivity contribution in [3.8, 4) is 0 Å². The lowest BCUT2D eigenvalue weighted by molar-refractivity contribution is -0.0636. The van der Waals surface area contributed by atoms with E-state index in [2.05, 4.69) is 41.5 Å². The standard InChI is InChI=1S/C13H26/c1-7-11(10(2)3)13(6)8-12(4,5)9-13/h10-11H,7-9H2,1-6H3. The van der Waals surface area contributed by atoms with E-state index in [-0.39, 0.29) is 0 Å². The van der Waals surface area contributed by atoms with Crippen LogP contribution >= 0.6 is 0 Å². The van der Waals surface area contributed by atoms with Crippen LogP contribution in [-0.2, 0) is 0 Å². The Morgan fingerprint density at radius 3 is 1.77 bits per heavy atom. The molecule has 0 heterocycles. The van der Waals surface area contributed by atoms with Gasteiger partial charge in [0.05, 0.1) is 0 Å². The highest BCUT2D eigenvalue weighted by atomic mass is 14.5. The van der Waals surface area contributed by atoms with Crippen molar-refractivity contribution in [2.45, 2.75) is 60.8 Å². The largest absolute Gasteiger partial charge is 0.0651 e. The fourth-order valence-electron chi connectivity index (χ4n) is 4.17. The summed E-state index contributed by atoms with van der Waals surface area (Å²) >= 11 is 0. The van der Waals surface area contributed by atoms with E-state index in [0.29, 0.717) is 10.8 Å². The van der Waals surface area contributed by atoms with Crippen LogP contribution in [0.1, 0.15) is 60.8 Å². The third-order valence-electron chi connectivity index (χ3n) is 3.90. The van der Waals surface area contributed by atoms with Gasteiger partial charge in [-0.15, -0.1) is 0 Å². The Morgan fingerprint density at radius 2 is 1.54 bits per heavy atom. The molecule has 1 unspecified atom stereocenters. The van der Waals surface area contributed by atoms with Crippen molar-refractivity contribution in [3.05, 3.63) is 0 Å². The highest BCUT2D eigenvalue weighted by molar-refractivity contribution is 4.99. The first kappa shape index (κ1) is 11.1. The van der Waals surface area contributed by atoms with Crippen LogP contribution in [0.15, 0.2) is 0 Å². The number of hydrogen-bond acceptors (Lipinski definition) is 0. The minimum Gasteiger partial charge on any atom is -0.0651 e. The van der Waals surface area contributed by atoms with Crippen molar-refractivity contribution in [3.63, 3.8) is 0 Å². The van der Waals surface area contributed by atoms with Crippen LogP contribution in [0.25, 0.3) is 0 Å². The molecule has 1 atom stereocenters. The van der Waals surface area contributed by atoms with E-state index in [1.165, 1.54) is 19.3 Å². The van der Waals surface area contributed by atoms with Gasteiger partial charge >= 0.3 is 0 Å². The van der Waals surface area contributed by atoms with E-state index in [9.17, 15) is 0 Å². The molecule has 0 bridgehead atoms. The van der Waals surface area contributed by atoms with E-state index in [1.54, 1.807) is 0 Å². The predicted octanol–water partition coefficient (Wildman–Crippen LogP) is 4.49. The maximum Gasteiger partial charge on any atom is -0.0285 e. The van der Waals surface area contributed by atoms with Gasteiger partial charge in [-0.2, -0.15) is 0 Å². The van der Waals surface area contributed by atoms with Crippen molar-refractivity contribution in [2.24, 2.45) is 22.7 Å². The van der Waals surface area contributed by atoms with Gasteiger partial charge < -0.3 is 0 Å². The second kappa shape index (κ2) is 3.29. The first-order valence-corrected chi connectivity index (χ1v) is 5.81. The molecule has 0 aromatic heterocycles. The molecule has 1 aliphatic rings. The van der Waals surface area contributed by atoms with Crippen molar-refractivity contribution < 1.29 is 0 Å². The summed E-state index contributed by atoms with van der Waals surface area (Å²) in [6.45, 7) is 14.4. The second-order valence-corrected chi connectivity index (χ2v) is 6.43. The lowest BCUT2D eigenvalue weighted by Gasteiger charge is -2.56. The van der Waals surface area contributed by atoms with Crippen LogP contribution in [0.5, 0.6) is 0 Å². The quantitative estimate of drug-likeness (QED) is 0.603. The smallest absolute Gasteiger partial charge is 0.0285 e. The van der Waals surface area contributed by atoms with Crippen LogP contribution in [0, 0.1) is 22.7 Å². The Bertz CT molecular complexity index is 168. The van der Waals surface area contributed by atoms with Crippen molar-refractivity contribution >= 4 is 0 Å². The van der Waals surface area contributed by atoms with Crippen LogP contribution in [-0.4, -0.2) is 0 Å². The predicted molar refractivity (Wildman–Crippen MR) is 59.7 cm³/mol. The zero-order valence-electron chi connectivity index (χ0n) is 10.3. The summed E-state index contributed by atoms with van der Waals surface area (Å²) in [5.74, 6) is 1.78. The Balaban J connectivity index is 2.61. The molecule has 0 amide bonds. The molecule has 1 rings (SSSR count). The lowest BCUT2D eigenvalue weighted by Crippen LogP contribution is -2.47. The van der Waals surface area contributed by atoms with Gasteiger partial charge in [0, 0.05) is 0 Å². The summed E-state index contributed by atoms with van der Waals surface area (Å²) < 4.78 is 0. The summed E-state index contributed by atoms with van der Waals surface area (Å²) in [5.41, 5.74) is 1.27. The van der Waals surface area contributed by atoms with Gasteiger partial charge in [0.25, 0.3) is 0 Å². The summed E-state index contributed by atoms with van der Waals surface area (Å²) in [6.07, 6.45) is 4.21. The molecule has 0 nitrogen and oxygen atoms in total. The molecule has 0 N–H and O–H groups in total. The molecule has 0 heteroatoms. The third kappa shape index (κ3) is 2.08. The van der Waals surface area contributed by atoms with Crippen molar-refractivity contribution in [1.29, 1.82) is 0 Å². The SMILES string of the molecule is CCC(C(C)C)C1(C)CC(C)(C)C1. The summed E-state index contributed by atoms with van der Waals surface area (Å²) in [7, 11) is 0. The fourth-order valence-corrected chi connectivity index (χ4v) is 4.17. The molecule has 0 aliphatic heterocycles. The summed E-state index contributed by atoms with van der Waals surface area (Å²) in [5, 5.41) is 0. The normalized spacial score (nSPS) is 27.0. The average Bonchev–Trinajstić information content (AvgIpc) is 1.81. The zero-order valence-corrected chi connectivity index (χ0v) is 10.3. The molecule has 1 aliphatic carbocycles. The fraction of sp³-hybridized carbons (Fsp3) is 1.00. The topological polar surface area (TPSA) is 0 Å². The van der Waals surface area contributed by atoms with Crippen LogP contribution < -0.4 is 0 Å². The van der Waals surface area contributed by atoms with Crippen LogP contribution in [0.2, 0.25) is 0 Å². The van der Waals surface area contributed by atoms with Gasteiger partial charge in [-0.3, -0.25) is 0 Å². The van der Waals surface area contributed by atoms with Gasteiger partial charge in [0.15, 0.2) is 0 Å². The maximum atomic E-state index is 2.49. The number of rotatable bonds is 3. The van der Waals surface area contributed by atoms with E-state index < -0.39 is 0 Å². The van der Waals surface area contributed by atoms with E-state index in [4.69, 9.17) is 0 Å². The van der Waals surface area contributed by atoms with Gasteiger partial charge in [-0.1, -0.05) is 48.0 Å². The highest BCUT2D eigenvalue weighted by Crippen LogP contribution is 2.59. The highest BCUT2D eigenvalue weighted by Gasteiger charge is 2.49. The Hall–Kier alpha value is 0. The third-order valence-corrected chi connectivity index (χ3v) is 3.90. The molecular weight excluding hydrogens is 156 g/mol. The molecule has 78 valence electrons. The first-order chi connectivity index (χ1) is 5.81. The Morgan fingerprint density at radius 1 is 1.08 bits per heavy atom. The average molecular weight is 182 g/mol. The molecule has 1 saturated carbocycles. The van der Waals surface area contributed by atoms with E-state index in [1.807, 2.05) is 0 Å². The van der Waals surface area contributed by atoms with E-state index in [0.717, 1.165) is 11.8 Å². The van der Waals surface area contributed by atoms with Crippen molar-refractivity contribution in [1.82, 2.24) is 0 Å². The van der Waals surface area contributed by atoms with Gasteiger partial charge in [-0.25, -0.2) is 0 Å². The monoisotopic (exact) mass is 182 g/mol. The van der Waals surface area contributed by atoms with Gasteiger partial charge in [0.1, 0.15) is 0 Å². The van der Waals surface area contributed by atoms with Crippen molar-refractivity contribution in [2.75, 3.05) is 0 Å². The molecule has 0 aromatic rings. The molecule has 1 fully saturated rings. The minimum absolute atomic E-state index is 0.622. The van der Waals surface area contributed by atoms with Gasteiger partial charge in [-0.05, 0) is 35.5 Å². The lowest BCUT2D eigenvalue weighted by atomic mass is 9.49. The van der Waals surface area contributed by atoms with Crippen LogP contribution in [0.4, 0.5) is 0 Å². The van der Waals surface area contributed by atoms with Crippen LogP contribution in [0.3, 0.4) is 0 Å². The molecular formula is C13H26. The molecule has 0 saturated heterocycles. The second-order valence-electron chi connectivity index (χ2n) is 6.43. The first-order valence-electron chi connectivity index (χ1n) is 5.81. The van der Waals surface area contributed by atoms with E-state index >= 15 is 0 Å². The number of hydrogen-bond donors (Lipinski definition) is 0. The molecule has 0 aromatic carbocycles. The van der Waals surface area contributed by atoms with Gasteiger partial charge in [0.2, 0.25) is 0 Å². The Labute approximate surface area is 84.1 Å².